The Hall–Kier alpha value is -2.57. The molecule has 0 unspecified atom stereocenters. The number of ether oxygens (including phenoxy) is 3. The molecular formula is C22H30N2O4+2. The average molecular weight is 386 g/mol. The predicted molar refractivity (Wildman–Crippen MR) is 106 cm³/mol. The molecule has 6 heteroatoms. The number of benzene rings is 2. The van der Waals surface area contributed by atoms with E-state index in [-0.39, 0.29) is 5.97 Å². The van der Waals surface area contributed by atoms with Gasteiger partial charge in [0.2, 0.25) is 0 Å². The van der Waals surface area contributed by atoms with E-state index in [1.807, 2.05) is 18.2 Å². The molecule has 150 valence electrons. The summed E-state index contributed by atoms with van der Waals surface area (Å²) in [6, 6.07) is 13.9. The Labute approximate surface area is 166 Å². The van der Waals surface area contributed by atoms with Crippen molar-refractivity contribution < 1.29 is 28.8 Å². The van der Waals surface area contributed by atoms with Crippen LogP contribution in [0.1, 0.15) is 21.5 Å². The van der Waals surface area contributed by atoms with Gasteiger partial charge in [0.15, 0.2) is 11.5 Å². The molecule has 0 bridgehead atoms. The minimum absolute atomic E-state index is 0.277. The van der Waals surface area contributed by atoms with Gasteiger partial charge in [-0.05, 0) is 30.3 Å². The molecule has 0 radical (unpaired) electrons. The maximum absolute atomic E-state index is 11.7. The summed E-state index contributed by atoms with van der Waals surface area (Å²) in [6.45, 7) is 6.41. The van der Waals surface area contributed by atoms with Crippen molar-refractivity contribution in [2.75, 3.05) is 47.5 Å². The third-order valence-corrected chi connectivity index (χ3v) is 5.37. The van der Waals surface area contributed by atoms with Gasteiger partial charge in [-0.15, -0.1) is 0 Å². The van der Waals surface area contributed by atoms with Crippen molar-refractivity contribution in [3.05, 3.63) is 59.2 Å². The zero-order chi connectivity index (χ0) is 19.9. The first-order valence-corrected chi connectivity index (χ1v) is 9.68. The highest BCUT2D eigenvalue weighted by Gasteiger charge is 2.23. The topological polar surface area (TPSA) is 53.6 Å². The Morgan fingerprint density at radius 3 is 2.00 bits per heavy atom. The van der Waals surface area contributed by atoms with Gasteiger partial charge in [0.05, 0.1) is 26.9 Å². The van der Waals surface area contributed by atoms with E-state index in [1.165, 1.54) is 18.2 Å². The molecule has 0 amide bonds. The molecule has 0 spiro atoms. The Kier molecular flexibility index (Phi) is 6.90. The number of carbonyl (C=O) groups excluding carboxylic acids is 1. The van der Waals surface area contributed by atoms with Crippen LogP contribution in [0.4, 0.5) is 0 Å². The molecule has 1 aliphatic heterocycles. The molecule has 6 nitrogen and oxygen atoms in total. The van der Waals surface area contributed by atoms with Crippen LogP contribution >= 0.6 is 0 Å². The standard InChI is InChI=1S/C22H28N2O4/c1-26-20-8-7-18(14-21(20)27-2)16-24-11-9-23(10-12-24)15-17-5-4-6-19(13-17)22(25)28-3/h4-8,13-14H,9-12,15-16H2,1-3H3/p+2. The summed E-state index contributed by atoms with van der Waals surface area (Å²) in [7, 11) is 4.75. The van der Waals surface area contributed by atoms with Crippen molar-refractivity contribution in [1.29, 1.82) is 0 Å². The van der Waals surface area contributed by atoms with Crippen LogP contribution in [0.5, 0.6) is 11.5 Å². The molecule has 0 saturated carbocycles. The van der Waals surface area contributed by atoms with Gasteiger partial charge in [-0.1, -0.05) is 12.1 Å². The second kappa shape index (κ2) is 9.57. The van der Waals surface area contributed by atoms with Crippen LogP contribution in [0.2, 0.25) is 0 Å². The second-order valence-electron chi connectivity index (χ2n) is 7.23. The largest absolute Gasteiger partial charge is 0.493 e. The number of piperazine rings is 1. The Morgan fingerprint density at radius 2 is 1.43 bits per heavy atom. The smallest absolute Gasteiger partial charge is 0.337 e. The summed E-state index contributed by atoms with van der Waals surface area (Å²) in [5, 5.41) is 0. The highest BCUT2D eigenvalue weighted by atomic mass is 16.5. The van der Waals surface area contributed by atoms with Crippen molar-refractivity contribution in [2.45, 2.75) is 13.1 Å². The summed E-state index contributed by atoms with van der Waals surface area (Å²) in [4.78, 5) is 14.8. The van der Waals surface area contributed by atoms with E-state index < -0.39 is 0 Å². The molecule has 2 aromatic carbocycles. The summed E-state index contributed by atoms with van der Waals surface area (Å²) in [5.41, 5.74) is 3.07. The molecule has 2 aromatic rings. The van der Waals surface area contributed by atoms with Crippen molar-refractivity contribution in [1.82, 2.24) is 0 Å². The fourth-order valence-corrected chi connectivity index (χ4v) is 3.80. The van der Waals surface area contributed by atoms with Crippen LogP contribution in [0, 0.1) is 0 Å². The first-order valence-electron chi connectivity index (χ1n) is 9.68. The van der Waals surface area contributed by atoms with Crippen LogP contribution in [0.25, 0.3) is 0 Å². The van der Waals surface area contributed by atoms with Gasteiger partial charge >= 0.3 is 5.97 Å². The van der Waals surface area contributed by atoms with E-state index in [1.54, 1.807) is 30.1 Å². The summed E-state index contributed by atoms with van der Waals surface area (Å²) < 4.78 is 15.5. The predicted octanol–water partition coefficient (Wildman–Crippen LogP) is -0.0260. The maximum Gasteiger partial charge on any atom is 0.337 e. The fraction of sp³-hybridized carbons (Fsp3) is 0.409. The van der Waals surface area contributed by atoms with E-state index in [9.17, 15) is 4.79 Å². The van der Waals surface area contributed by atoms with E-state index in [0.717, 1.165) is 50.8 Å². The molecule has 3 rings (SSSR count). The van der Waals surface area contributed by atoms with Gasteiger partial charge in [0.25, 0.3) is 0 Å². The van der Waals surface area contributed by atoms with Gasteiger partial charge < -0.3 is 24.0 Å². The number of hydrogen-bond donors (Lipinski definition) is 2. The number of esters is 1. The number of hydrogen-bond acceptors (Lipinski definition) is 4. The molecule has 1 saturated heterocycles. The van der Waals surface area contributed by atoms with Crippen LogP contribution in [0.15, 0.2) is 42.5 Å². The first-order chi connectivity index (χ1) is 13.6. The Balaban J connectivity index is 1.53. The zero-order valence-corrected chi connectivity index (χ0v) is 16.9. The van der Waals surface area contributed by atoms with E-state index >= 15 is 0 Å². The number of rotatable bonds is 7. The number of carbonyl (C=O) groups is 1. The molecule has 1 aliphatic rings. The molecule has 1 fully saturated rings. The van der Waals surface area contributed by atoms with Gasteiger partial charge in [-0.25, -0.2) is 4.79 Å². The van der Waals surface area contributed by atoms with Crippen LogP contribution in [-0.2, 0) is 17.8 Å². The van der Waals surface area contributed by atoms with Crippen LogP contribution < -0.4 is 19.3 Å². The van der Waals surface area contributed by atoms with E-state index in [4.69, 9.17) is 14.2 Å². The quantitative estimate of drug-likeness (QED) is 0.657. The van der Waals surface area contributed by atoms with Crippen LogP contribution in [-0.4, -0.2) is 53.5 Å². The van der Waals surface area contributed by atoms with Gasteiger partial charge in [-0.2, -0.15) is 0 Å². The van der Waals surface area contributed by atoms with Gasteiger partial charge in [0.1, 0.15) is 39.3 Å². The van der Waals surface area contributed by atoms with Crippen molar-refractivity contribution in [3.63, 3.8) is 0 Å². The van der Waals surface area contributed by atoms with Crippen molar-refractivity contribution in [3.8, 4) is 11.5 Å². The highest BCUT2D eigenvalue weighted by Crippen LogP contribution is 2.27. The molecular weight excluding hydrogens is 356 g/mol. The maximum atomic E-state index is 11.7. The normalized spacial score (nSPS) is 19.1. The SMILES string of the molecule is COC(=O)c1cccc(C[NH+]2CC[NH+](Cc3ccc(OC)c(OC)c3)CC2)c1. The fourth-order valence-electron chi connectivity index (χ4n) is 3.80. The highest BCUT2D eigenvalue weighted by molar-refractivity contribution is 5.89. The van der Waals surface area contributed by atoms with Crippen molar-refractivity contribution >= 4 is 5.97 Å². The lowest BCUT2D eigenvalue weighted by Gasteiger charge is -2.30. The first kappa shape index (κ1) is 20.2. The van der Waals surface area contributed by atoms with E-state index in [0.29, 0.717) is 5.56 Å². The van der Waals surface area contributed by atoms with Gasteiger partial charge in [0, 0.05) is 11.1 Å². The third kappa shape index (κ3) is 5.03. The number of nitrogens with one attached hydrogen (secondary N) is 2. The lowest BCUT2D eigenvalue weighted by molar-refractivity contribution is -1.02. The van der Waals surface area contributed by atoms with Crippen molar-refractivity contribution in [2.24, 2.45) is 0 Å². The molecule has 28 heavy (non-hydrogen) atoms. The minimum Gasteiger partial charge on any atom is -0.493 e. The molecule has 0 atom stereocenters. The third-order valence-electron chi connectivity index (χ3n) is 5.37. The van der Waals surface area contributed by atoms with Crippen LogP contribution in [0.3, 0.4) is 0 Å². The lowest BCUT2D eigenvalue weighted by atomic mass is 10.1. The summed E-state index contributed by atoms with van der Waals surface area (Å²) >= 11 is 0. The monoisotopic (exact) mass is 386 g/mol. The molecule has 0 aromatic heterocycles. The summed E-state index contributed by atoms with van der Waals surface area (Å²) in [5.74, 6) is 1.28. The summed E-state index contributed by atoms with van der Waals surface area (Å²) in [6.07, 6.45) is 0. The second-order valence-corrected chi connectivity index (χ2v) is 7.23. The molecule has 1 heterocycles. The minimum atomic E-state index is -0.277. The molecule has 0 aliphatic carbocycles. The molecule has 2 N–H and O–H groups in total. The average Bonchev–Trinajstić information content (AvgIpc) is 2.74. The Morgan fingerprint density at radius 1 is 0.821 bits per heavy atom. The number of quaternary nitrogens is 2. The van der Waals surface area contributed by atoms with Gasteiger partial charge in [-0.3, -0.25) is 0 Å². The Bertz CT molecular complexity index is 801. The lowest BCUT2D eigenvalue weighted by Crippen LogP contribution is -3.27. The zero-order valence-electron chi connectivity index (χ0n) is 16.9. The van der Waals surface area contributed by atoms with E-state index in [2.05, 4.69) is 18.2 Å². The number of methoxy groups -OCH3 is 3.